The third-order valence-electron chi connectivity index (χ3n) is 2.13. The lowest BCUT2D eigenvalue weighted by Gasteiger charge is -2.12. The molecule has 98 valence electrons. The highest BCUT2D eigenvalue weighted by atomic mass is 32.2. The number of methoxy groups -OCH3 is 1. The Morgan fingerprint density at radius 1 is 1.50 bits per heavy atom. The van der Waals surface area contributed by atoms with E-state index in [1.165, 1.54) is 18.7 Å². The molecular weight excluding hydrogens is 254 g/mol. The van der Waals surface area contributed by atoms with Crippen LogP contribution in [0.4, 0.5) is 0 Å². The Hall–Kier alpha value is -1.69. The monoisotopic (exact) mass is 269 g/mol. The van der Waals surface area contributed by atoms with E-state index in [-0.39, 0.29) is 11.7 Å². The summed E-state index contributed by atoms with van der Waals surface area (Å²) in [5, 5.41) is 11.3. The van der Waals surface area contributed by atoms with Gasteiger partial charge in [0, 0.05) is 17.6 Å². The van der Waals surface area contributed by atoms with E-state index in [2.05, 4.69) is 5.32 Å². The molecule has 0 radical (unpaired) electrons. The van der Waals surface area contributed by atoms with Crippen LogP contribution < -0.4 is 10.1 Å². The molecule has 0 heterocycles. The molecule has 0 fully saturated rings. The summed E-state index contributed by atoms with van der Waals surface area (Å²) in [6.45, 7) is 1.30. The molecule has 1 aromatic rings. The number of carbonyl (C=O) groups excluding carboxylic acids is 1. The standard InChI is InChI=1S/C12H15NO4S/c1-8(14)13-11(12(15)16)7-18-10-5-3-4-9(6-10)17-2/h3-6,11H,7H2,1-2H3,(H,13,14)(H,15,16). The summed E-state index contributed by atoms with van der Waals surface area (Å²) in [7, 11) is 1.57. The van der Waals surface area contributed by atoms with Gasteiger partial charge in [-0.2, -0.15) is 0 Å². The van der Waals surface area contributed by atoms with Crippen LogP contribution >= 0.6 is 11.8 Å². The Morgan fingerprint density at radius 3 is 2.78 bits per heavy atom. The van der Waals surface area contributed by atoms with Crippen LogP contribution in [0.2, 0.25) is 0 Å². The van der Waals surface area contributed by atoms with Crippen molar-refractivity contribution in [3.05, 3.63) is 24.3 Å². The van der Waals surface area contributed by atoms with E-state index in [4.69, 9.17) is 9.84 Å². The molecule has 0 aliphatic carbocycles. The van der Waals surface area contributed by atoms with Gasteiger partial charge in [0.05, 0.1) is 7.11 Å². The molecule has 6 heteroatoms. The molecule has 18 heavy (non-hydrogen) atoms. The molecule has 0 aliphatic heterocycles. The minimum atomic E-state index is -1.04. The molecule has 2 N–H and O–H groups in total. The number of aliphatic carboxylic acids is 1. The van der Waals surface area contributed by atoms with Gasteiger partial charge in [0.25, 0.3) is 0 Å². The van der Waals surface area contributed by atoms with Crippen LogP contribution in [0.25, 0.3) is 0 Å². The second-order valence-corrected chi connectivity index (χ2v) is 4.67. The number of carbonyl (C=O) groups is 2. The molecule has 1 rings (SSSR count). The Labute approximate surface area is 110 Å². The molecule has 0 aromatic heterocycles. The second kappa shape index (κ2) is 6.90. The van der Waals surface area contributed by atoms with Crippen molar-refractivity contribution >= 4 is 23.6 Å². The lowest BCUT2D eigenvalue weighted by Crippen LogP contribution is -2.41. The van der Waals surface area contributed by atoms with E-state index >= 15 is 0 Å². The minimum Gasteiger partial charge on any atom is -0.497 e. The first kappa shape index (κ1) is 14.4. The number of hydrogen-bond donors (Lipinski definition) is 2. The Kier molecular flexibility index (Phi) is 5.51. The number of thioether (sulfide) groups is 1. The van der Waals surface area contributed by atoms with Gasteiger partial charge in [-0.25, -0.2) is 4.79 Å². The molecule has 1 atom stereocenters. The van der Waals surface area contributed by atoms with Crippen LogP contribution in [0.1, 0.15) is 6.92 Å². The van der Waals surface area contributed by atoms with Crippen molar-refractivity contribution < 1.29 is 19.4 Å². The topological polar surface area (TPSA) is 75.6 Å². The number of rotatable bonds is 6. The highest BCUT2D eigenvalue weighted by molar-refractivity contribution is 7.99. The van der Waals surface area contributed by atoms with Gasteiger partial charge in [-0.3, -0.25) is 4.79 Å². The Morgan fingerprint density at radius 2 is 2.22 bits per heavy atom. The normalized spacial score (nSPS) is 11.7. The second-order valence-electron chi connectivity index (χ2n) is 3.58. The van der Waals surface area contributed by atoms with Gasteiger partial charge < -0.3 is 15.2 Å². The third-order valence-corrected chi connectivity index (χ3v) is 3.22. The maximum atomic E-state index is 10.9. The third kappa shape index (κ3) is 4.67. The molecule has 0 aliphatic rings. The molecule has 0 saturated carbocycles. The van der Waals surface area contributed by atoms with Gasteiger partial charge in [0.1, 0.15) is 11.8 Å². The maximum Gasteiger partial charge on any atom is 0.327 e. The summed E-state index contributed by atoms with van der Waals surface area (Å²) in [5.41, 5.74) is 0. The van der Waals surface area contributed by atoms with Crippen LogP contribution in [0.5, 0.6) is 5.75 Å². The highest BCUT2D eigenvalue weighted by Crippen LogP contribution is 2.23. The largest absolute Gasteiger partial charge is 0.497 e. The number of ether oxygens (including phenoxy) is 1. The number of carboxylic acids is 1. The molecule has 0 saturated heterocycles. The first-order valence-corrected chi connectivity index (χ1v) is 6.28. The molecule has 1 aromatic carbocycles. The fourth-order valence-electron chi connectivity index (χ4n) is 1.29. The van der Waals surface area contributed by atoms with Gasteiger partial charge in [-0.05, 0) is 18.2 Å². The van der Waals surface area contributed by atoms with Crippen LogP contribution in [0, 0.1) is 0 Å². The SMILES string of the molecule is COc1cccc(SCC(NC(C)=O)C(=O)O)c1. The first-order valence-electron chi connectivity index (χ1n) is 5.29. The van der Waals surface area contributed by atoms with E-state index in [9.17, 15) is 9.59 Å². The fourth-order valence-corrected chi connectivity index (χ4v) is 2.25. The number of amides is 1. The first-order chi connectivity index (χ1) is 8.52. The summed E-state index contributed by atoms with van der Waals surface area (Å²) in [6, 6.07) is 6.43. The Balaban J connectivity index is 2.60. The van der Waals surface area contributed by atoms with E-state index < -0.39 is 12.0 Å². The summed E-state index contributed by atoms with van der Waals surface area (Å²) in [6.07, 6.45) is 0. The number of hydrogen-bond acceptors (Lipinski definition) is 4. The van der Waals surface area contributed by atoms with Crippen molar-refractivity contribution in [2.45, 2.75) is 17.9 Å². The summed E-state index contributed by atoms with van der Waals surface area (Å²) >= 11 is 1.35. The zero-order valence-electron chi connectivity index (χ0n) is 10.2. The molecular formula is C12H15NO4S. The van der Waals surface area contributed by atoms with Crippen LogP contribution in [-0.2, 0) is 9.59 Å². The molecule has 0 bridgehead atoms. The van der Waals surface area contributed by atoms with E-state index in [0.29, 0.717) is 5.75 Å². The van der Waals surface area contributed by atoms with Crippen molar-refractivity contribution in [2.75, 3.05) is 12.9 Å². The zero-order chi connectivity index (χ0) is 13.5. The molecule has 1 amide bonds. The lowest BCUT2D eigenvalue weighted by molar-refractivity contribution is -0.140. The van der Waals surface area contributed by atoms with E-state index in [1.54, 1.807) is 7.11 Å². The van der Waals surface area contributed by atoms with Crippen molar-refractivity contribution in [3.63, 3.8) is 0 Å². The van der Waals surface area contributed by atoms with E-state index in [1.807, 2.05) is 24.3 Å². The van der Waals surface area contributed by atoms with Crippen molar-refractivity contribution in [1.82, 2.24) is 5.32 Å². The average Bonchev–Trinajstić information content (AvgIpc) is 2.34. The lowest BCUT2D eigenvalue weighted by atomic mass is 10.3. The summed E-state index contributed by atoms with van der Waals surface area (Å²) < 4.78 is 5.07. The van der Waals surface area contributed by atoms with Gasteiger partial charge in [0.2, 0.25) is 5.91 Å². The number of nitrogens with one attached hydrogen (secondary N) is 1. The fraction of sp³-hybridized carbons (Fsp3) is 0.333. The summed E-state index contributed by atoms with van der Waals surface area (Å²) in [4.78, 5) is 22.7. The maximum absolute atomic E-state index is 10.9. The van der Waals surface area contributed by atoms with Gasteiger partial charge >= 0.3 is 5.97 Å². The average molecular weight is 269 g/mol. The van der Waals surface area contributed by atoms with Crippen molar-refractivity contribution in [1.29, 1.82) is 0 Å². The smallest absolute Gasteiger partial charge is 0.327 e. The van der Waals surface area contributed by atoms with Gasteiger partial charge in [0.15, 0.2) is 0 Å². The van der Waals surface area contributed by atoms with Crippen LogP contribution in [-0.4, -0.2) is 35.9 Å². The predicted octanol–water partition coefficient (Wildman–Crippen LogP) is 1.38. The molecule has 5 nitrogen and oxygen atoms in total. The highest BCUT2D eigenvalue weighted by Gasteiger charge is 2.18. The summed E-state index contributed by atoms with van der Waals surface area (Å²) in [5.74, 6) is -0.414. The molecule has 1 unspecified atom stereocenters. The van der Waals surface area contributed by atoms with E-state index in [0.717, 1.165) is 4.90 Å². The predicted molar refractivity (Wildman–Crippen MR) is 69.0 cm³/mol. The van der Waals surface area contributed by atoms with Crippen LogP contribution in [0.15, 0.2) is 29.2 Å². The van der Waals surface area contributed by atoms with Crippen molar-refractivity contribution in [3.8, 4) is 5.75 Å². The zero-order valence-corrected chi connectivity index (χ0v) is 11.0. The van der Waals surface area contributed by atoms with Gasteiger partial charge in [-0.1, -0.05) is 6.07 Å². The number of carboxylic acid groups (broad SMARTS) is 1. The Bertz CT molecular complexity index is 436. The minimum absolute atomic E-state index is 0.266. The van der Waals surface area contributed by atoms with Crippen LogP contribution in [0.3, 0.4) is 0 Å². The number of benzene rings is 1. The van der Waals surface area contributed by atoms with Gasteiger partial charge in [-0.15, -0.1) is 11.8 Å². The quantitative estimate of drug-likeness (QED) is 0.763. The molecule has 0 spiro atoms. The van der Waals surface area contributed by atoms with Crippen molar-refractivity contribution in [2.24, 2.45) is 0 Å².